The first kappa shape index (κ1) is 26.2. The van der Waals surface area contributed by atoms with Gasteiger partial charge in [0.1, 0.15) is 6.33 Å². The molecule has 2 amide bonds. The van der Waals surface area contributed by atoms with Crippen LogP contribution in [-0.2, 0) is 9.59 Å². The van der Waals surface area contributed by atoms with Crippen LogP contribution in [-0.4, -0.2) is 37.5 Å². The van der Waals surface area contributed by atoms with Crippen LogP contribution in [0.5, 0.6) is 0 Å². The summed E-state index contributed by atoms with van der Waals surface area (Å²) in [6.45, 7) is 6.26. The summed E-state index contributed by atoms with van der Waals surface area (Å²) in [6, 6.07) is 24.3. The number of carbonyl (C=O) groups excluding carboxylic acids is 2. The molecule has 7 nitrogen and oxygen atoms in total. The van der Waals surface area contributed by atoms with Gasteiger partial charge in [0.2, 0.25) is 11.8 Å². The minimum Gasteiger partial charge on any atom is -0.273 e. The second-order valence-corrected chi connectivity index (χ2v) is 11.7. The number of aromatic nitrogens is 3. The van der Waals surface area contributed by atoms with Gasteiger partial charge in [-0.05, 0) is 60.4 Å². The minimum absolute atomic E-state index is 0.0350. The Morgan fingerprint density at radius 2 is 1.80 bits per heavy atom. The monoisotopic (exact) mass is 549 g/mol. The Bertz CT molecular complexity index is 1590. The number of hydrogen-bond donors (Lipinski definition) is 0. The molecule has 8 heteroatoms. The van der Waals surface area contributed by atoms with E-state index in [1.165, 1.54) is 22.9 Å². The lowest BCUT2D eigenvalue weighted by molar-refractivity contribution is -0.118. The fourth-order valence-corrected chi connectivity index (χ4v) is 6.09. The van der Waals surface area contributed by atoms with Crippen LogP contribution in [0.4, 0.5) is 5.69 Å². The van der Waals surface area contributed by atoms with Crippen LogP contribution in [0.2, 0.25) is 0 Å². The predicted molar refractivity (Wildman–Crippen MR) is 160 cm³/mol. The van der Waals surface area contributed by atoms with Crippen molar-refractivity contribution in [3.63, 3.8) is 0 Å². The predicted octanol–water partition coefficient (Wildman–Crippen LogP) is 6.52. The number of carbonyl (C=O) groups is 2. The molecule has 2 fully saturated rings. The maximum Gasteiger partial charge on any atom is 0.248 e. The zero-order chi connectivity index (χ0) is 27.8. The molecule has 2 aliphatic rings. The molecule has 0 N–H and O–H groups in total. The average molecular weight is 550 g/mol. The van der Waals surface area contributed by atoms with E-state index in [2.05, 4.69) is 60.1 Å². The van der Waals surface area contributed by atoms with Gasteiger partial charge in [-0.15, -0.1) is 5.10 Å². The quantitative estimate of drug-likeness (QED) is 0.262. The molecule has 1 aliphatic carbocycles. The van der Waals surface area contributed by atoms with Gasteiger partial charge in [0.25, 0.3) is 0 Å². The lowest BCUT2D eigenvalue weighted by atomic mass is 10.0. The van der Waals surface area contributed by atoms with E-state index in [1.807, 2.05) is 48.5 Å². The average Bonchev–Trinajstić information content (AvgIpc) is 3.36. The van der Waals surface area contributed by atoms with E-state index in [9.17, 15) is 9.59 Å². The first-order chi connectivity index (χ1) is 19.4. The highest BCUT2D eigenvalue weighted by Crippen LogP contribution is 2.50. The van der Waals surface area contributed by atoms with E-state index < -0.39 is 0 Å². The van der Waals surface area contributed by atoms with Crippen molar-refractivity contribution in [2.45, 2.75) is 45.4 Å². The molecule has 0 spiro atoms. The van der Waals surface area contributed by atoms with E-state index in [4.69, 9.17) is 0 Å². The molecule has 6 rings (SSSR count). The van der Waals surface area contributed by atoms with E-state index >= 15 is 0 Å². The molecule has 4 aromatic rings. The van der Waals surface area contributed by atoms with Gasteiger partial charge in [-0.25, -0.2) is 9.67 Å². The molecular weight excluding hydrogens is 518 g/mol. The Morgan fingerprint density at radius 3 is 2.55 bits per heavy atom. The normalized spacial score (nSPS) is 19.6. The van der Waals surface area contributed by atoms with Gasteiger partial charge in [-0.1, -0.05) is 85.8 Å². The van der Waals surface area contributed by atoms with Crippen molar-refractivity contribution >= 4 is 34.4 Å². The Kier molecular flexibility index (Phi) is 7.11. The lowest BCUT2D eigenvalue weighted by Gasteiger charge is -2.21. The van der Waals surface area contributed by atoms with E-state index in [1.54, 1.807) is 15.9 Å². The van der Waals surface area contributed by atoms with Crippen molar-refractivity contribution in [3.8, 4) is 17.1 Å². The number of hydrogen-bond acceptors (Lipinski definition) is 5. The fourth-order valence-electron chi connectivity index (χ4n) is 5.22. The van der Waals surface area contributed by atoms with Crippen molar-refractivity contribution in [3.05, 3.63) is 95.8 Å². The van der Waals surface area contributed by atoms with Gasteiger partial charge in [-0.2, -0.15) is 4.99 Å². The highest BCUT2D eigenvalue weighted by atomic mass is 32.2. The SMILES string of the molecule is Cc1ccc(-n2cnc(-c3ccc(C4CC4CC(=O)N=C4SCC(=O)N4c4ccccc4C(C)C)cc3)n2)cc1. The van der Waals surface area contributed by atoms with Gasteiger partial charge in [0.05, 0.1) is 17.1 Å². The number of benzene rings is 3. The zero-order valence-electron chi connectivity index (χ0n) is 22.8. The summed E-state index contributed by atoms with van der Waals surface area (Å²) < 4.78 is 1.78. The van der Waals surface area contributed by atoms with Gasteiger partial charge in [-0.3, -0.25) is 14.5 Å². The Hall–Kier alpha value is -4.04. The molecule has 0 radical (unpaired) electrons. The molecule has 1 aliphatic heterocycles. The third kappa shape index (κ3) is 5.36. The smallest absolute Gasteiger partial charge is 0.248 e. The molecule has 2 heterocycles. The second kappa shape index (κ2) is 10.8. The number of aliphatic imine (C=N–C) groups is 1. The standard InChI is InChI=1S/C32H31N5O2S/c1-20(2)26-6-4-5-7-28(26)37-30(39)18-40-32(37)34-29(38)17-24-16-27(24)22-10-12-23(13-11-22)31-33-19-36(35-31)25-14-8-21(3)9-15-25/h4-15,19-20,24,27H,16-18H2,1-3H3. The zero-order valence-corrected chi connectivity index (χ0v) is 23.6. The molecule has 1 saturated heterocycles. The number of anilines is 1. The highest BCUT2D eigenvalue weighted by molar-refractivity contribution is 8.15. The number of nitrogens with zero attached hydrogens (tertiary/aromatic N) is 5. The molecule has 202 valence electrons. The molecule has 1 aromatic heterocycles. The van der Waals surface area contributed by atoms with Crippen molar-refractivity contribution in [2.24, 2.45) is 10.9 Å². The summed E-state index contributed by atoms with van der Waals surface area (Å²) in [5.74, 6) is 1.63. The second-order valence-electron chi connectivity index (χ2n) is 10.8. The third-order valence-electron chi connectivity index (χ3n) is 7.53. The molecule has 3 aromatic carbocycles. The van der Waals surface area contributed by atoms with Crippen molar-refractivity contribution in [1.82, 2.24) is 14.8 Å². The van der Waals surface area contributed by atoms with Crippen LogP contribution in [0.1, 0.15) is 55.2 Å². The first-order valence-corrected chi connectivity index (χ1v) is 14.6. The number of thioether (sulfide) groups is 1. The van der Waals surface area contributed by atoms with Crippen molar-refractivity contribution < 1.29 is 9.59 Å². The number of rotatable bonds is 7. The van der Waals surface area contributed by atoms with E-state index in [-0.39, 0.29) is 23.7 Å². The molecular formula is C32H31N5O2S. The van der Waals surface area contributed by atoms with E-state index in [0.717, 1.165) is 28.9 Å². The molecule has 40 heavy (non-hydrogen) atoms. The van der Waals surface area contributed by atoms with Crippen LogP contribution in [0.3, 0.4) is 0 Å². The van der Waals surface area contributed by atoms with Crippen molar-refractivity contribution in [1.29, 1.82) is 0 Å². The van der Waals surface area contributed by atoms with Gasteiger partial charge in [0, 0.05) is 12.0 Å². The minimum atomic E-state index is -0.167. The van der Waals surface area contributed by atoms with Gasteiger partial charge < -0.3 is 0 Å². The summed E-state index contributed by atoms with van der Waals surface area (Å²) in [4.78, 5) is 36.2. The molecule has 0 bridgehead atoms. The molecule has 2 atom stereocenters. The summed E-state index contributed by atoms with van der Waals surface area (Å²) in [5, 5.41) is 5.13. The number of amides is 2. The first-order valence-electron chi connectivity index (χ1n) is 13.6. The summed E-state index contributed by atoms with van der Waals surface area (Å²) in [7, 11) is 0. The molecule has 1 saturated carbocycles. The Balaban J connectivity index is 1.10. The highest BCUT2D eigenvalue weighted by Gasteiger charge is 2.40. The van der Waals surface area contributed by atoms with Crippen LogP contribution in [0.25, 0.3) is 17.1 Å². The van der Waals surface area contributed by atoms with Gasteiger partial charge in [0.15, 0.2) is 11.0 Å². The summed E-state index contributed by atoms with van der Waals surface area (Å²) in [5.41, 5.74) is 6.24. The third-order valence-corrected chi connectivity index (χ3v) is 8.46. The van der Waals surface area contributed by atoms with Crippen LogP contribution in [0, 0.1) is 12.8 Å². The topological polar surface area (TPSA) is 80.4 Å². The maximum atomic E-state index is 12.9. The van der Waals surface area contributed by atoms with Gasteiger partial charge >= 0.3 is 0 Å². The number of aryl methyl sites for hydroxylation is 1. The largest absolute Gasteiger partial charge is 0.273 e. The van der Waals surface area contributed by atoms with Crippen LogP contribution >= 0.6 is 11.8 Å². The summed E-state index contributed by atoms with van der Waals surface area (Å²) >= 11 is 1.34. The lowest BCUT2D eigenvalue weighted by Crippen LogP contribution is -2.31. The van der Waals surface area contributed by atoms with E-state index in [0.29, 0.717) is 29.1 Å². The van der Waals surface area contributed by atoms with Crippen LogP contribution < -0.4 is 4.90 Å². The van der Waals surface area contributed by atoms with Crippen LogP contribution in [0.15, 0.2) is 84.1 Å². The molecule has 2 unspecified atom stereocenters. The number of para-hydroxylation sites is 1. The Labute approximate surface area is 238 Å². The van der Waals surface area contributed by atoms with Crippen molar-refractivity contribution in [2.75, 3.05) is 10.7 Å². The Morgan fingerprint density at radius 1 is 1.05 bits per heavy atom. The summed E-state index contributed by atoms with van der Waals surface area (Å²) in [6.07, 6.45) is 3.08. The maximum absolute atomic E-state index is 12.9. The number of amidine groups is 1. The fraction of sp³-hybridized carbons (Fsp3) is 0.281.